The zero-order chi connectivity index (χ0) is 12.1. The van der Waals surface area contributed by atoms with Crippen molar-refractivity contribution in [3.8, 4) is 0 Å². The van der Waals surface area contributed by atoms with Crippen LogP contribution in [0.25, 0.3) is 0 Å². The lowest BCUT2D eigenvalue weighted by Crippen LogP contribution is -2.40. The molecule has 0 unspecified atom stereocenters. The minimum Gasteiger partial charge on any atom is -0.378 e. The van der Waals surface area contributed by atoms with Gasteiger partial charge in [0.15, 0.2) is 0 Å². The summed E-state index contributed by atoms with van der Waals surface area (Å²) in [5.74, 6) is 5.17. The van der Waals surface area contributed by atoms with E-state index in [2.05, 4.69) is 11.0 Å². The number of carbonyl (C=O) groups excluding carboxylic acids is 1. The molecule has 6 nitrogen and oxygen atoms in total. The molecule has 1 saturated heterocycles. The minimum atomic E-state index is 0.0422. The lowest BCUT2D eigenvalue weighted by atomic mass is 10.2. The van der Waals surface area contributed by atoms with E-state index in [4.69, 9.17) is 10.6 Å². The number of nitrogens with one attached hydrogen (secondary N) is 2. The zero-order valence-electron chi connectivity index (χ0n) is 9.48. The van der Waals surface area contributed by atoms with Crippen LogP contribution in [0.2, 0.25) is 0 Å². The molecule has 1 aromatic rings. The molecule has 1 aliphatic rings. The molecule has 4 N–H and O–H groups in total. The van der Waals surface area contributed by atoms with Crippen molar-refractivity contribution in [2.45, 2.75) is 0 Å². The van der Waals surface area contributed by atoms with E-state index in [1.54, 1.807) is 29.2 Å². The van der Waals surface area contributed by atoms with Crippen LogP contribution in [0, 0.1) is 0 Å². The van der Waals surface area contributed by atoms with Gasteiger partial charge in [-0.2, -0.15) is 5.53 Å². The van der Waals surface area contributed by atoms with E-state index in [1.165, 1.54) is 0 Å². The highest BCUT2D eigenvalue weighted by atomic mass is 16.5. The third-order valence-corrected chi connectivity index (χ3v) is 2.65. The molecule has 6 heteroatoms. The molecule has 0 aliphatic carbocycles. The summed E-state index contributed by atoms with van der Waals surface area (Å²) < 4.78 is 5.21. The Morgan fingerprint density at radius 2 is 1.88 bits per heavy atom. The SMILES string of the molecule is NNNc1ccc(C(=O)N2CCOCC2)cc1. The first-order valence-electron chi connectivity index (χ1n) is 5.50. The van der Waals surface area contributed by atoms with Gasteiger partial charge in [-0.25, -0.2) is 0 Å². The fourth-order valence-electron chi connectivity index (χ4n) is 1.73. The summed E-state index contributed by atoms with van der Waals surface area (Å²) in [5, 5.41) is 0. The standard InChI is InChI=1S/C11H16N4O2/c12-14-13-10-3-1-9(2-4-10)11(16)15-5-7-17-8-6-15/h1-4,13-14H,5-8,12H2. The zero-order valence-corrected chi connectivity index (χ0v) is 9.48. The Morgan fingerprint density at radius 1 is 1.24 bits per heavy atom. The molecule has 92 valence electrons. The highest BCUT2D eigenvalue weighted by Crippen LogP contribution is 2.11. The number of ether oxygens (including phenoxy) is 1. The number of hydrogen-bond acceptors (Lipinski definition) is 5. The van der Waals surface area contributed by atoms with Crippen LogP contribution in [-0.4, -0.2) is 37.1 Å². The van der Waals surface area contributed by atoms with Crippen LogP contribution in [0.15, 0.2) is 24.3 Å². The van der Waals surface area contributed by atoms with E-state index in [1.807, 2.05) is 0 Å². The predicted molar refractivity (Wildman–Crippen MR) is 64.1 cm³/mol. The average Bonchev–Trinajstić information content (AvgIpc) is 2.40. The van der Waals surface area contributed by atoms with Gasteiger partial charge in [0.1, 0.15) is 0 Å². The minimum absolute atomic E-state index is 0.0422. The molecule has 0 radical (unpaired) electrons. The smallest absolute Gasteiger partial charge is 0.254 e. The van der Waals surface area contributed by atoms with Gasteiger partial charge in [0.25, 0.3) is 5.91 Å². The molecule has 1 aliphatic heterocycles. The molecule has 0 spiro atoms. The van der Waals surface area contributed by atoms with Crippen LogP contribution in [0.4, 0.5) is 5.69 Å². The van der Waals surface area contributed by atoms with Crippen LogP contribution in [0.1, 0.15) is 10.4 Å². The number of benzene rings is 1. The predicted octanol–water partition coefficient (Wildman–Crippen LogP) is -0.0508. The van der Waals surface area contributed by atoms with Gasteiger partial charge in [0.2, 0.25) is 0 Å². The summed E-state index contributed by atoms with van der Waals surface area (Å²) in [4.78, 5) is 13.9. The fraction of sp³-hybridized carbons (Fsp3) is 0.364. The average molecular weight is 236 g/mol. The highest BCUT2D eigenvalue weighted by Gasteiger charge is 2.17. The Balaban J connectivity index is 2.03. The Morgan fingerprint density at radius 3 is 2.47 bits per heavy atom. The highest BCUT2D eigenvalue weighted by molar-refractivity contribution is 5.94. The lowest BCUT2D eigenvalue weighted by molar-refractivity contribution is 0.0303. The molecule has 0 bridgehead atoms. The summed E-state index contributed by atoms with van der Waals surface area (Å²) >= 11 is 0. The monoisotopic (exact) mass is 236 g/mol. The molecule has 1 amide bonds. The first-order chi connectivity index (χ1) is 8.31. The number of carbonyl (C=O) groups is 1. The second-order valence-corrected chi connectivity index (χ2v) is 3.75. The van der Waals surface area contributed by atoms with Crippen molar-refractivity contribution in [3.05, 3.63) is 29.8 Å². The number of rotatable bonds is 3. The molecular weight excluding hydrogens is 220 g/mol. The maximum Gasteiger partial charge on any atom is 0.254 e. The first-order valence-corrected chi connectivity index (χ1v) is 5.50. The number of hydrogen-bond donors (Lipinski definition) is 3. The summed E-state index contributed by atoms with van der Waals surface area (Å²) in [6, 6.07) is 7.15. The van der Waals surface area contributed by atoms with Crippen LogP contribution >= 0.6 is 0 Å². The largest absolute Gasteiger partial charge is 0.378 e. The van der Waals surface area contributed by atoms with Gasteiger partial charge in [0, 0.05) is 18.7 Å². The number of anilines is 1. The molecule has 1 aromatic carbocycles. The Kier molecular flexibility index (Phi) is 3.92. The number of morpholine rings is 1. The molecule has 0 atom stereocenters. The number of nitrogens with two attached hydrogens (primary N) is 1. The Hall–Kier alpha value is -1.63. The summed E-state index contributed by atoms with van der Waals surface area (Å²) in [5.41, 5.74) is 6.56. The van der Waals surface area contributed by atoms with Gasteiger partial charge in [-0.1, -0.05) is 0 Å². The van der Waals surface area contributed by atoms with Gasteiger partial charge < -0.3 is 15.1 Å². The molecule has 1 heterocycles. The van der Waals surface area contributed by atoms with Crippen molar-refractivity contribution in [2.24, 2.45) is 5.84 Å². The quantitative estimate of drug-likeness (QED) is 0.506. The molecule has 0 saturated carbocycles. The molecule has 0 aromatic heterocycles. The number of hydrazine groups is 2. The van der Waals surface area contributed by atoms with Crippen LogP contribution in [0.3, 0.4) is 0 Å². The van der Waals surface area contributed by atoms with Gasteiger partial charge >= 0.3 is 0 Å². The molecular formula is C11H16N4O2. The second kappa shape index (κ2) is 5.62. The number of nitrogens with zero attached hydrogens (tertiary/aromatic N) is 1. The van der Waals surface area contributed by atoms with Gasteiger partial charge in [-0.15, -0.1) is 0 Å². The van der Waals surface area contributed by atoms with E-state index in [9.17, 15) is 4.79 Å². The van der Waals surface area contributed by atoms with Gasteiger partial charge in [0.05, 0.1) is 18.9 Å². The van der Waals surface area contributed by atoms with Crippen molar-refractivity contribution in [2.75, 3.05) is 31.7 Å². The fourth-order valence-corrected chi connectivity index (χ4v) is 1.73. The van der Waals surface area contributed by atoms with E-state index in [0.717, 1.165) is 5.69 Å². The molecule has 17 heavy (non-hydrogen) atoms. The van der Waals surface area contributed by atoms with Crippen molar-refractivity contribution < 1.29 is 9.53 Å². The van der Waals surface area contributed by atoms with Crippen LogP contribution in [0.5, 0.6) is 0 Å². The van der Waals surface area contributed by atoms with E-state index in [-0.39, 0.29) is 5.91 Å². The normalized spacial score (nSPS) is 15.7. The van der Waals surface area contributed by atoms with Crippen molar-refractivity contribution in [1.29, 1.82) is 0 Å². The van der Waals surface area contributed by atoms with Crippen molar-refractivity contribution in [1.82, 2.24) is 10.4 Å². The van der Waals surface area contributed by atoms with E-state index in [0.29, 0.717) is 31.9 Å². The number of amides is 1. The van der Waals surface area contributed by atoms with Crippen molar-refractivity contribution >= 4 is 11.6 Å². The summed E-state index contributed by atoms with van der Waals surface area (Å²) in [6.45, 7) is 2.54. The maximum absolute atomic E-state index is 12.1. The lowest BCUT2D eigenvalue weighted by Gasteiger charge is -2.26. The second-order valence-electron chi connectivity index (χ2n) is 3.75. The topological polar surface area (TPSA) is 79.6 Å². The molecule has 2 rings (SSSR count). The van der Waals surface area contributed by atoms with Gasteiger partial charge in [-0.05, 0) is 24.3 Å². The third-order valence-electron chi connectivity index (χ3n) is 2.65. The maximum atomic E-state index is 12.1. The van der Waals surface area contributed by atoms with Crippen LogP contribution < -0.4 is 16.8 Å². The first kappa shape index (κ1) is 11.8. The van der Waals surface area contributed by atoms with Crippen LogP contribution in [-0.2, 0) is 4.74 Å². The Bertz CT molecular complexity index is 374. The van der Waals surface area contributed by atoms with Crippen molar-refractivity contribution in [3.63, 3.8) is 0 Å². The summed E-state index contributed by atoms with van der Waals surface area (Å²) in [7, 11) is 0. The van der Waals surface area contributed by atoms with Gasteiger partial charge in [-0.3, -0.25) is 10.6 Å². The molecule has 1 fully saturated rings. The van der Waals surface area contributed by atoms with E-state index >= 15 is 0 Å². The Labute approximate surface area is 99.7 Å². The third kappa shape index (κ3) is 2.94. The van der Waals surface area contributed by atoms with E-state index < -0.39 is 0 Å². The summed E-state index contributed by atoms with van der Waals surface area (Å²) in [6.07, 6.45) is 0.